The van der Waals surface area contributed by atoms with Crippen LogP contribution in [0.4, 0.5) is 5.88 Å². The summed E-state index contributed by atoms with van der Waals surface area (Å²) in [5, 5.41) is 10.3. The number of furan rings is 1. The standard InChI is InChI=1S/C8H10N2O3/c9-5-8(3-4-8)6-1-2-7(13-6)10(11)12/h1-2H,3-5,9H2. The molecule has 5 nitrogen and oxygen atoms in total. The van der Waals surface area contributed by atoms with Gasteiger partial charge in [0.1, 0.15) is 10.7 Å². The molecule has 0 saturated heterocycles. The highest BCUT2D eigenvalue weighted by molar-refractivity contribution is 5.28. The van der Waals surface area contributed by atoms with Crippen molar-refractivity contribution in [2.45, 2.75) is 18.3 Å². The monoisotopic (exact) mass is 182 g/mol. The highest BCUT2D eigenvalue weighted by Gasteiger charge is 2.46. The molecule has 0 unspecified atom stereocenters. The molecule has 1 fully saturated rings. The molecule has 0 atom stereocenters. The predicted molar refractivity (Wildman–Crippen MR) is 45.3 cm³/mol. The molecule has 2 N–H and O–H groups in total. The van der Waals surface area contributed by atoms with Crippen LogP contribution in [0.25, 0.3) is 0 Å². The van der Waals surface area contributed by atoms with E-state index in [-0.39, 0.29) is 11.3 Å². The third-order valence-corrected chi connectivity index (χ3v) is 2.54. The van der Waals surface area contributed by atoms with Crippen LogP contribution in [0, 0.1) is 10.1 Å². The van der Waals surface area contributed by atoms with E-state index in [0.29, 0.717) is 12.3 Å². The van der Waals surface area contributed by atoms with E-state index in [9.17, 15) is 10.1 Å². The summed E-state index contributed by atoms with van der Waals surface area (Å²) in [4.78, 5) is 9.80. The number of hydrogen-bond donors (Lipinski definition) is 1. The fraction of sp³-hybridized carbons (Fsp3) is 0.500. The van der Waals surface area contributed by atoms with Crippen molar-refractivity contribution in [3.8, 4) is 0 Å². The van der Waals surface area contributed by atoms with Crippen molar-refractivity contribution in [1.82, 2.24) is 0 Å². The lowest BCUT2D eigenvalue weighted by atomic mass is 10.1. The van der Waals surface area contributed by atoms with Crippen molar-refractivity contribution in [3.63, 3.8) is 0 Å². The van der Waals surface area contributed by atoms with Crippen molar-refractivity contribution in [3.05, 3.63) is 28.0 Å². The minimum atomic E-state index is -0.532. The number of nitrogens with zero attached hydrogens (tertiary/aromatic N) is 1. The van der Waals surface area contributed by atoms with Crippen molar-refractivity contribution >= 4 is 5.88 Å². The Labute approximate surface area is 74.7 Å². The molecular formula is C8H10N2O3. The van der Waals surface area contributed by atoms with E-state index in [1.165, 1.54) is 6.07 Å². The van der Waals surface area contributed by atoms with Gasteiger partial charge in [0, 0.05) is 12.0 Å². The summed E-state index contributed by atoms with van der Waals surface area (Å²) < 4.78 is 5.08. The van der Waals surface area contributed by atoms with Crippen LogP contribution in [-0.2, 0) is 5.41 Å². The van der Waals surface area contributed by atoms with Crippen LogP contribution >= 0.6 is 0 Å². The van der Waals surface area contributed by atoms with E-state index in [4.69, 9.17) is 10.2 Å². The zero-order valence-corrected chi connectivity index (χ0v) is 7.03. The Balaban J connectivity index is 2.28. The lowest BCUT2D eigenvalue weighted by Crippen LogP contribution is -2.18. The van der Waals surface area contributed by atoms with E-state index in [0.717, 1.165) is 12.8 Å². The van der Waals surface area contributed by atoms with Gasteiger partial charge in [0.15, 0.2) is 0 Å². The van der Waals surface area contributed by atoms with Gasteiger partial charge in [-0.05, 0) is 18.9 Å². The Morgan fingerprint density at radius 2 is 2.31 bits per heavy atom. The summed E-state index contributed by atoms with van der Waals surface area (Å²) in [7, 11) is 0. The maximum absolute atomic E-state index is 10.3. The molecular weight excluding hydrogens is 172 g/mol. The molecule has 1 saturated carbocycles. The topological polar surface area (TPSA) is 82.3 Å². The van der Waals surface area contributed by atoms with Gasteiger partial charge in [-0.2, -0.15) is 0 Å². The molecule has 2 rings (SSSR count). The molecule has 0 aromatic carbocycles. The van der Waals surface area contributed by atoms with Crippen LogP contribution in [0.1, 0.15) is 18.6 Å². The molecule has 0 bridgehead atoms. The second kappa shape index (κ2) is 2.56. The van der Waals surface area contributed by atoms with Gasteiger partial charge >= 0.3 is 5.88 Å². The number of rotatable bonds is 3. The van der Waals surface area contributed by atoms with Crippen molar-refractivity contribution < 1.29 is 9.34 Å². The van der Waals surface area contributed by atoms with E-state index >= 15 is 0 Å². The molecule has 1 aromatic heterocycles. The smallest absolute Gasteiger partial charge is 0.405 e. The van der Waals surface area contributed by atoms with Crippen LogP contribution in [-0.4, -0.2) is 11.5 Å². The fourth-order valence-corrected chi connectivity index (χ4v) is 1.41. The van der Waals surface area contributed by atoms with Crippen LogP contribution in [0.2, 0.25) is 0 Å². The first-order valence-electron chi connectivity index (χ1n) is 4.13. The molecule has 0 aliphatic heterocycles. The van der Waals surface area contributed by atoms with Crippen molar-refractivity contribution in [1.29, 1.82) is 0 Å². The second-order valence-electron chi connectivity index (χ2n) is 3.38. The number of nitrogens with two attached hydrogens (primary N) is 1. The van der Waals surface area contributed by atoms with Gasteiger partial charge in [-0.1, -0.05) is 0 Å². The second-order valence-corrected chi connectivity index (χ2v) is 3.38. The summed E-state index contributed by atoms with van der Waals surface area (Å²) in [6.45, 7) is 0.498. The average molecular weight is 182 g/mol. The minimum Gasteiger partial charge on any atom is -0.405 e. The van der Waals surface area contributed by atoms with Crippen LogP contribution < -0.4 is 5.73 Å². The van der Waals surface area contributed by atoms with Gasteiger partial charge in [0.2, 0.25) is 0 Å². The van der Waals surface area contributed by atoms with Gasteiger partial charge in [0.25, 0.3) is 0 Å². The van der Waals surface area contributed by atoms with Crippen LogP contribution in [0.5, 0.6) is 0 Å². The molecule has 1 heterocycles. The summed E-state index contributed by atoms with van der Waals surface area (Å²) in [5.41, 5.74) is 5.45. The maximum Gasteiger partial charge on any atom is 0.433 e. The first-order chi connectivity index (χ1) is 6.18. The molecule has 1 aliphatic carbocycles. The first-order valence-corrected chi connectivity index (χ1v) is 4.13. The van der Waals surface area contributed by atoms with Gasteiger partial charge < -0.3 is 10.2 Å². The van der Waals surface area contributed by atoms with Crippen molar-refractivity contribution in [2.24, 2.45) is 5.73 Å². The van der Waals surface area contributed by atoms with Gasteiger partial charge in [-0.3, -0.25) is 10.1 Å². The highest BCUT2D eigenvalue weighted by atomic mass is 16.6. The molecule has 13 heavy (non-hydrogen) atoms. The molecule has 70 valence electrons. The van der Waals surface area contributed by atoms with Gasteiger partial charge in [-0.25, -0.2) is 0 Å². The largest absolute Gasteiger partial charge is 0.433 e. The van der Waals surface area contributed by atoms with Crippen LogP contribution in [0.3, 0.4) is 0 Å². The SMILES string of the molecule is NCC1(c2ccc([N+](=O)[O-])o2)CC1. The van der Waals surface area contributed by atoms with E-state index in [1.807, 2.05) is 0 Å². The van der Waals surface area contributed by atoms with Gasteiger partial charge in [-0.15, -0.1) is 0 Å². The molecule has 1 aromatic rings. The van der Waals surface area contributed by atoms with Crippen LogP contribution in [0.15, 0.2) is 16.5 Å². The Hall–Kier alpha value is -1.36. The molecule has 0 radical (unpaired) electrons. The molecule has 0 spiro atoms. The Bertz CT molecular complexity index is 341. The molecule has 5 heteroatoms. The normalized spacial score (nSPS) is 18.5. The number of nitro groups is 1. The summed E-state index contributed by atoms with van der Waals surface area (Å²) in [5.74, 6) is 0.455. The zero-order valence-electron chi connectivity index (χ0n) is 7.03. The quantitative estimate of drug-likeness (QED) is 0.562. The molecule has 0 amide bonds. The third-order valence-electron chi connectivity index (χ3n) is 2.54. The van der Waals surface area contributed by atoms with Gasteiger partial charge in [0.05, 0.1) is 6.07 Å². The number of hydrogen-bond acceptors (Lipinski definition) is 4. The van der Waals surface area contributed by atoms with Crippen molar-refractivity contribution in [2.75, 3.05) is 6.54 Å². The summed E-state index contributed by atoms with van der Waals surface area (Å²) in [6, 6.07) is 3.03. The summed E-state index contributed by atoms with van der Waals surface area (Å²) in [6.07, 6.45) is 1.93. The Kier molecular flexibility index (Phi) is 1.63. The molecule has 1 aliphatic rings. The average Bonchev–Trinajstić information content (AvgIpc) is 2.75. The zero-order chi connectivity index (χ0) is 9.47. The third kappa shape index (κ3) is 1.21. The fourth-order valence-electron chi connectivity index (χ4n) is 1.41. The lowest BCUT2D eigenvalue weighted by molar-refractivity contribution is -0.402. The van der Waals surface area contributed by atoms with E-state index in [2.05, 4.69) is 0 Å². The lowest BCUT2D eigenvalue weighted by Gasteiger charge is -2.05. The first kappa shape index (κ1) is 8.25. The Morgan fingerprint density at radius 1 is 1.62 bits per heavy atom. The highest BCUT2D eigenvalue weighted by Crippen LogP contribution is 2.48. The predicted octanol–water partition coefficient (Wildman–Crippen LogP) is 1.18. The minimum absolute atomic E-state index is 0.103. The summed E-state index contributed by atoms with van der Waals surface area (Å²) >= 11 is 0. The Morgan fingerprint density at radius 3 is 2.69 bits per heavy atom. The van der Waals surface area contributed by atoms with E-state index < -0.39 is 4.92 Å². The maximum atomic E-state index is 10.3. The van der Waals surface area contributed by atoms with E-state index in [1.54, 1.807) is 6.07 Å².